The molecule has 0 spiro atoms. The number of methoxy groups -OCH3 is 1. The first-order valence-electron chi connectivity index (χ1n) is 4.10. The van der Waals surface area contributed by atoms with E-state index in [1.807, 2.05) is 7.05 Å². The van der Waals surface area contributed by atoms with Gasteiger partial charge < -0.3 is 15.4 Å². The average Bonchev–Trinajstić information content (AvgIpc) is 2.00. The maximum atomic E-state index is 7.05. The molecule has 0 heterocycles. The molecule has 0 aliphatic heterocycles. The fourth-order valence-corrected chi connectivity index (χ4v) is 0.886. The minimum absolute atomic E-state index is 0.242. The Bertz CT molecular complexity index is 138. The molecular formula is C8H19N3O. The van der Waals surface area contributed by atoms with Crippen LogP contribution >= 0.6 is 0 Å². The van der Waals surface area contributed by atoms with Gasteiger partial charge in [-0.1, -0.05) is 0 Å². The van der Waals surface area contributed by atoms with E-state index >= 15 is 0 Å². The highest BCUT2D eigenvalue weighted by Crippen LogP contribution is 1.96. The van der Waals surface area contributed by atoms with Crippen molar-refractivity contribution < 1.29 is 4.74 Å². The largest absolute Gasteiger partial charge is 0.388 e. The van der Waals surface area contributed by atoms with Gasteiger partial charge in [0.05, 0.1) is 12.4 Å². The van der Waals surface area contributed by atoms with Gasteiger partial charge in [0.25, 0.3) is 0 Å². The summed E-state index contributed by atoms with van der Waals surface area (Å²) in [7, 11) is 3.70. The van der Waals surface area contributed by atoms with Gasteiger partial charge in [0.1, 0.15) is 0 Å². The monoisotopic (exact) mass is 173 g/mol. The average molecular weight is 173 g/mol. The Morgan fingerprint density at radius 3 is 2.67 bits per heavy atom. The lowest BCUT2D eigenvalue weighted by Gasteiger charge is -2.23. The first-order valence-corrected chi connectivity index (χ1v) is 4.10. The van der Waals surface area contributed by atoms with Crippen molar-refractivity contribution in [2.45, 2.75) is 19.4 Å². The second-order valence-electron chi connectivity index (χ2n) is 3.06. The van der Waals surface area contributed by atoms with Crippen LogP contribution in [0, 0.1) is 5.41 Å². The van der Waals surface area contributed by atoms with Crippen LogP contribution in [0.5, 0.6) is 0 Å². The molecule has 0 aliphatic carbocycles. The van der Waals surface area contributed by atoms with Gasteiger partial charge in [-0.2, -0.15) is 0 Å². The molecule has 0 rings (SSSR count). The number of hydrogen-bond donors (Lipinski definition) is 2. The van der Waals surface area contributed by atoms with Gasteiger partial charge in [-0.3, -0.25) is 5.41 Å². The van der Waals surface area contributed by atoms with Gasteiger partial charge in [-0.15, -0.1) is 0 Å². The Morgan fingerprint density at radius 1 is 1.67 bits per heavy atom. The summed E-state index contributed by atoms with van der Waals surface area (Å²) >= 11 is 0. The van der Waals surface area contributed by atoms with Gasteiger partial charge >= 0.3 is 0 Å². The van der Waals surface area contributed by atoms with Gasteiger partial charge in [0, 0.05) is 26.1 Å². The van der Waals surface area contributed by atoms with Crippen LogP contribution in [0.1, 0.15) is 13.3 Å². The molecule has 0 radical (unpaired) electrons. The lowest BCUT2D eigenvalue weighted by atomic mass is 10.3. The molecular weight excluding hydrogens is 154 g/mol. The minimum Gasteiger partial charge on any atom is -0.388 e. The molecule has 0 aromatic rings. The molecule has 4 heteroatoms. The topological polar surface area (TPSA) is 62.3 Å². The standard InChI is InChI=1S/C8H19N3O/c1-7(6-12-3)11(2)5-4-8(9)10/h7H,4-6H2,1-3H3,(H3,9,10). The second kappa shape index (κ2) is 5.97. The highest BCUT2D eigenvalue weighted by Gasteiger charge is 2.07. The van der Waals surface area contributed by atoms with E-state index in [2.05, 4.69) is 11.8 Å². The second-order valence-corrected chi connectivity index (χ2v) is 3.06. The summed E-state index contributed by atoms with van der Waals surface area (Å²) in [5.41, 5.74) is 5.24. The van der Waals surface area contributed by atoms with E-state index in [-0.39, 0.29) is 5.84 Å². The summed E-state index contributed by atoms with van der Waals surface area (Å²) in [5.74, 6) is 0.242. The molecule has 0 amide bonds. The quantitative estimate of drug-likeness (QED) is 0.448. The van der Waals surface area contributed by atoms with Crippen LogP contribution in [0.15, 0.2) is 0 Å². The SMILES string of the molecule is COCC(C)N(C)CCC(=N)N. The Labute approximate surface area is 74.2 Å². The van der Waals surface area contributed by atoms with Crippen LogP contribution in [0.4, 0.5) is 0 Å². The van der Waals surface area contributed by atoms with E-state index in [4.69, 9.17) is 15.9 Å². The normalized spacial score (nSPS) is 13.3. The third-order valence-electron chi connectivity index (χ3n) is 1.89. The zero-order valence-electron chi connectivity index (χ0n) is 8.13. The molecule has 1 unspecified atom stereocenters. The molecule has 0 saturated carbocycles. The van der Waals surface area contributed by atoms with Crippen LogP contribution < -0.4 is 5.73 Å². The number of nitrogens with one attached hydrogen (secondary N) is 1. The number of nitrogens with two attached hydrogens (primary N) is 1. The fraction of sp³-hybridized carbons (Fsp3) is 0.875. The smallest absolute Gasteiger partial charge is 0.0918 e. The Morgan fingerprint density at radius 2 is 2.25 bits per heavy atom. The number of nitrogens with zero attached hydrogens (tertiary/aromatic N) is 1. The van der Waals surface area contributed by atoms with Crippen LogP contribution in [0.25, 0.3) is 0 Å². The van der Waals surface area contributed by atoms with Crippen LogP contribution in [-0.2, 0) is 4.74 Å². The summed E-state index contributed by atoms with van der Waals surface area (Å²) < 4.78 is 5.00. The summed E-state index contributed by atoms with van der Waals surface area (Å²) in [6, 6.07) is 0.384. The predicted molar refractivity (Wildman–Crippen MR) is 50.5 cm³/mol. The molecule has 0 aromatic carbocycles. The minimum atomic E-state index is 0.242. The summed E-state index contributed by atoms with van der Waals surface area (Å²) in [4.78, 5) is 2.13. The Balaban J connectivity index is 3.55. The molecule has 0 bridgehead atoms. The number of likely N-dealkylation sites (N-methyl/N-ethyl adjacent to an activating group) is 1. The van der Waals surface area contributed by atoms with Crippen LogP contribution in [0.3, 0.4) is 0 Å². The maximum Gasteiger partial charge on any atom is 0.0918 e. The summed E-state index contributed by atoms with van der Waals surface area (Å²) in [6.07, 6.45) is 0.630. The van der Waals surface area contributed by atoms with Crippen molar-refractivity contribution in [2.24, 2.45) is 5.73 Å². The fourth-order valence-electron chi connectivity index (χ4n) is 0.886. The molecule has 4 nitrogen and oxygen atoms in total. The third kappa shape index (κ3) is 5.09. The Hall–Kier alpha value is -0.610. The van der Waals surface area contributed by atoms with Crippen molar-refractivity contribution in [1.29, 1.82) is 5.41 Å². The van der Waals surface area contributed by atoms with Crippen LogP contribution in [0.2, 0.25) is 0 Å². The lowest BCUT2D eigenvalue weighted by molar-refractivity contribution is 0.117. The lowest BCUT2D eigenvalue weighted by Crippen LogP contribution is -2.35. The molecule has 3 N–H and O–H groups in total. The predicted octanol–water partition coefficient (Wildman–Crippen LogP) is 0.279. The Kier molecular flexibility index (Phi) is 5.66. The highest BCUT2D eigenvalue weighted by atomic mass is 16.5. The number of amidine groups is 1. The van der Waals surface area contributed by atoms with Gasteiger partial charge in [-0.05, 0) is 14.0 Å². The van der Waals surface area contributed by atoms with Crippen molar-refractivity contribution in [3.05, 3.63) is 0 Å². The highest BCUT2D eigenvalue weighted by molar-refractivity contribution is 5.76. The molecule has 0 aliphatic rings. The molecule has 72 valence electrons. The third-order valence-corrected chi connectivity index (χ3v) is 1.89. The zero-order chi connectivity index (χ0) is 9.56. The van der Waals surface area contributed by atoms with Gasteiger partial charge in [0.2, 0.25) is 0 Å². The van der Waals surface area contributed by atoms with E-state index in [9.17, 15) is 0 Å². The number of hydrogen-bond acceptors (Lipinski definition) is 3. The van der Waals surface area contributed by atoms with Gasteiger partial charge in [-0.25, -0.2) is 0 Å². The molecule has 0 saturated heterocycles. The van der Waals surface area contributed by atoms with E-state index < -0.39 is 0 Å². The zero-order valence-corrected chi connectivity index (χ0v) is 8.13. The summed E-state index contributed by atoms with van der Waals surface area (Å²) in [5, 5.41) is 7.05. The van der Waals surface area contributed by atoms with E-state index in [1.54, 1.807) is 7.11 Å². The molecule has 12 heavy (non-hydrogen) atoms. The van der Waals surface area contributed by atoms with Crippen molar-refractivity contribution in [2.75, 3.05) is 27.3 Å². The van der Waals surface area contributed by atoms with Crippen molar-refractivity contribution >= 4 is 5.84 Å². The van der Waals surface area contributed by atoms with Gasteiger partial charge in [0.15, 0.2) is 0 Å². The first kappa shape index (κ1) is 11.4. The molecule has 0 fully saturated rings. The van der Waals surface area contributed by atoms with E-state index in [1.165, 1.54) is 0 Å². The molecule has 1 atom stereocenters. The first-order chi connectivity index (χ1) is 5.57. The van der Waals surface area contributed by atoms with Crippen LogP contribution in [-0.4, -0.2) is 44.1 Å². The number of rotatable bonds is 6. The van der Waals surface area contributed by atoms with Crippen molar-refractivity contribution in [3.8, 4) is 0 Å². The number of ether oxygens (including phenoxy) is 1. The van der Waals surface area contributed by atoms with Crippen molar-refractivity contribution in [1.82, 2.24) is 4.90 Å². The van der Waals surface area contributed by atoms with E-state index in [0.29, 0.717) is 19.1 Å². The van der Waals surface area contributed by atoms with Crippen molar-refractivity contribution in [3.63, 3.8) is 0 Å². The maximum absolute atomic E-state index is 7.05. The summed E-state index contributed by atoms with van der Waals surface area (Å²) in [6.45, 7) is 3.62. The molecule has 0 aromatic heterocycles. The van der Waals surface area contributed by atoms with E-state index in [0.717, 1.165) is 6.54 Å².